The van der Waals surface area contributed by atoms with Gasteiger partial charge in [0.2, 0.25) is 0 Å². The van der Waals surface area contributed by atoms with E-state index >= 15 is 0 Å². The zero-order valence-corrected chi connectivity index (χ0v) is 11.7. The minimum Gasteiger partial charge on any atom is -0.393 e. The normalized spacial score (nSPS) is 22.3. The molecule has 18 heavy (non-hydrogen) atoms. The fraction of sp³-hybridized carbons (Fsp3) is 0.647. The maximum absolute atomic E-state index is 10.3. The topological polar surface area (TPSA) is 20.2 Å². The molecule has 0 saturated carbocycles. The van der Waals surface area contributed by atoms with E-state index in [4.69, 9.17) is 0 Å². The molecule has 1 N–H and O–H groups in total. The lowest BCUT2D eigenvalue weighted by Crippen LogP contribution is -2.22. The highest BCUT2D eigenvalue weighted by atomic mass is 16.3. The van der Waals surface area contributed by atoms with Crippen molar-refractivity contribution in [2.75, 3.05) is 0 Å². The summed E-state index contributed by atoms with van der Waals surface area (Å²) in [6, 6.07) is 8.79. The van der Waals surface area contributed by atoms with Crippen molar-refractivity contribution in [3.63, 3.8) is 0 Å². The summed E-state index contributed by atoms with van der Waals surface area (Å²) < 4.78 is 0. The average Bonchev–Trinajstić information content (AvgIpc) is 2.39. The van der Waals surface area contributed by atoms with Crippen LogP contribution >= 0.6 is 0 Å². The number of aliphatic hydroxyl groups is 1. The summed E-state index contributed by atoms with van der Waals surface area (Å²) in [7, 11) is 0. The first-order valence-corrected chi connectivity index (χ1v) is 7.48. The quantitative estimate of drug-likeness (QED) is 0.821. The number of hydrogen-bond acceptors (Lipinski definition) is 1. The van der Waals surface area contributed by atoms with Crippen molar-refractivity contribution in [3.05, 3.63) is 35.4 Å². The van der Waals surface area contributed by atoms with E-state index in [1.807, 2.05) is 0 Å². The second kappa shape index (κ2) is 6.38. The fourth-order valence-corrected chi connectivity index (χ4v) is 3.27. The van der Waals surface area contributed by atoms with E-state index in [0.29, 0.717) is 11.8 Å². The molecule has 2 rings (SSSR count). The summed E-state index contributed by atoms with van der Waals surface area (Å²) in [5, 5.41) is 10.3. The molecule has 0 aliphatic heterocycles. The lowest BCUT2D eigenvalue weighted by atomic mass is 9.78. The van der Waals surface area contributed by atoms with E-state index in [9.17, 15) is 5.11 Å². The van der Waals surface area contributed by atoms with Crippen LogP contribution in [0.4, 0.5) is 0 Å². The highest BCUT2D eigenvalue weighted by Gasteiger charge is 2.24. The molecule has 0 radical (unpaired) electrons. The average molecular weight is 246 g/mol. The van der Waals surface area contributed by atoms with E-state index in [2.05, 4.69) is 38.1 Å². The molecule has 0 amide bonds. The van der Waals surface area contributed by atoms with E-state index in [0.717, 1.165) is 12.8 Å². The van der Waals surface area contributed by atoms with Crippen LogP contribution in [0.2, 0.25) is 0 Å². The van der Waals surface area contributed by atoms with Crippen LogP contribution in [0.3, 0.4) is 0 Å². The molecule has 1 aliphatic rings. The van der Waals surface area contributed by atoms with E-state index in [1.165, 1.54) is 36.8 Å². The molecule has 0 aromatic heterocycles. The zero-order valence-electron chi connectivity index (χ0n) is 11.7. The molecule has 0 fully saturated rings. The van der Waals surface area contributed by atoms with Gasteiger partial charge in [0.1, 0.15) is 0 Å². The summed E-state index contributed by atoms with van der Waals surface area (Å²) in [6.07, 6.45) is 6.84. The number of rotatable bonds is 5. The van der Waals surface area contributed by atoms with Gasteiger partial charge in [-0.3, -0.25) is 0 Å². The van der Waals surface area contributed by atoms with Crippen LogP contribution in [0, 0.1) is 5.92 Å². The summed E-state index contributed by atoms with van der Waals surface area (Å²) in [5.74, 6) is 1.01. The molecule has 1 aliphatic carbocycles. The van der Waals surface area contributed by atoms with Crippen molar-refractivity contribution in [1.82, 2.24) is 0 Å². The Morgan fingerprint density at radius 1 is 1.33 bits per heavy atom. The first-order valence-electron chi connectivity index (χ1n) is 7.48. The predicted molar refractivity (Wildman–Crippen MR) is 76.8 cm³/mol. The number of benzene rings is 1. The van der Waals surface area contributed by atoms with Crippen LogP contribution < -0.4 is 0 Å². The van der Waals surface area contributed by atoms with Crippen molar-refractivity contribution < 1.29 is 5.11 Å². The van der Waals surface area contributed by atoms with Crippen LogP contribution in [-0.4, -0.2) is 11.2 Å². The Balaban J connectivity index is 2.02. The Bertz CT molecular complexity index is 372. The molecule has 1 heteroatoms. The highest BCUT2D eigenvalue weighted by Crippen LogP contribution is 2.35. The number of fused-ring (bicyclic) bond motifs is 1. The highest BCUT2D eigenvalue weighted by molar-refractivity contribution is 5.32. The van der Waals surface area contributed by atoms with Gasteiger partial charge in [-0.1, -0.05) is 44.5 Å². The maximum atomic E-state index is 10.3. The van der Waals surface area contributed by atoms with Crippen molar-refractivity contribution >= 4 is 0 Å². The van der Waals surface area contributed by atoms with Gasteiger partial charge in [0, 0.05) is 0 Å². The maximum Gasteiger partial charge on any atom is 0.0571 e. The van der Waals surface area contributed by atoms with Crippen LogP contribution in [0.15, 0.2) is 24.3 Å². The van der Waals surface area contributed by atoms with Crippen molar-refractivity contribution in [1.29, 1.82) is 0 Å². The molecule has 0 spiro atoms. The standard InChI is InChI=1S/C17H26O/c1-3-7-13(2)17(18)12-15-10-6-9-14-8-4-5-11-16(14)15/h4-5,8,11,13,15,17-18H,3,6-7,9-10,12H2,1-2H3. The second-order valence-corrected chi connectivity index (χ2v) is 5.86. The Morgan fingerprint density at radius 3 is 2.89 bits per heavy atom. The third kappa shape index (κ3) is 3.14. The SMILES string of the molecule is CCCC(C)C(O)CC1CCCc2ccccc21. The molecule has 3 atom stereocenters. The van der Waals surface area contributed by atoms with Gasteiger partial charge in [-0.25, -0.2) is 0 Å². The van der Waals surface area contributed by atoms with Crippen LogP contribution in [0.1, 0.15) is 63.0 Å². The Kier molecular flexibility index (Phi) is 4.82. The van der Waals surface area contributed by atoms with Crippen molar-refractivity contribution in [3.8, 4) is 0 Å². The van der Waals surface area contributed by atoms with Crippen LogP contribution in [0.25, 0.3) is 0 Å². The summed E-state index contributed by atoms with van der Waals surface area (Å²) in [4.78, 5) is 0. The van der Waals surface area contributed by atoms with Gasteiger partial charge in [-0.05, 0) is 55.1 Å². The molecule has 1 aromatic carbocycles. The summed E-state index contributed by atoms with van der Waals surface area (Å²) in [5.41, 5.74) is 3.00. The molecule has 100 valence electrons. The Morgan fingerprint density at radius 2 is 2.11 bits per heavy atom. The molecule has 3 unspecified atom stereocenters. The van der Waals surface area contributed by atoms with Crippen LogP contribution in [-0.2, 0) is 6.42 Å². The lowest BCUT2D eigenvalue weighted by molar-refractivity contribution is 0.0928. The minimum absolute atomic E-state index is 0.138. The van der Waals surface area contributed by atoms with Gasteiger partial charge < -0.3 is 5.11 Å². The molecule has 0 bridgehead atoms. The van der Waals surface area contributed by atoms with Gasteiger partial charge in [0.05, 0.1) is 6.10 Å². The zero-order chi connectivity index (χ0) is 13.0. The first-order chi connectivity index (χ1) is 8.72. The Labute approximate surface area is 111 Å². The van der Waals surface area contributed by atoms with Gasteiger partial charge in [0.15, 0.2) is 0 Å². The summed E-state index contributed by atoms with van der Waals surface area (Å²) in [6.45, 7) is 4.38. The Hall–Kier alpha value is -0.820. The second-order valence-electron chi connectivity index (χ2n) is 5.86. The number of aliphatic hydroxyl groups excluding tert-OH is 1. The van der Waals surface area contributed by atoms with Crippen LogP contribution in [0.5, 0.6) is 0 Å². The predicted octanol–water partition coefficient (Wildman–Crippen LogP) is 4.29. The largest absolute Gasteiger partial charge is 0.393 e. The number of aryl methyl sites for hydroxylation is 1. The molecule has 1 nitrogen and oxygen atoms in total. The first kappa shape index (κ1) is 13.6. The van der Waals surface area contributed by atoms with Gasteiger partial charge in [-0.15, -0.1) is 0 Å². The lowest BCUT2D eigenvalue weighted by Gasteiger charge is -2.29. The monoisotopic (exact) mass is 246 g/mol. The number of hydrogen-bond donors (Lipinski definition) is 1. The van der Waals surface area contributed by atoms with E-state index in [1.54, 1.807) is 0 Å². The van der Waals surface area contributed by atoms with E-state index in [-0.39, 0.29) is 6.10 Å². The molecule has 0 saturated heterocycles. The smallest absolute Gasteiger partial charge is 0.0571 e. The molecular weight excluding hydrogens is 220 g/mol. The van der Waals surface area contributed by atoms with Crippen molar-refractivity contribution in [2.24, 2.45) is 5.92 Å². The third-order valence-corrected chi connectivity index (χ3v) is 4.42. The van der Waals surface area contributed by atoms with E-state index < -0.39 is 0 Å². The van der Waals surface area contributed by atoms with Gasteiger partial charge >= 0.3 is 0 Å². The summed E-state index contributed by atoms with van der Waals surface area (Å²) >= 11 is 0. The minimum atomic E-state index is -0.138. The fourth-order valence-electron chi connectivity index (χ4n) is 3.27. The molecular formula is C17H26O. The van der Waals surface area contributed by atoms with Gasteiger partial charge in [-0.2, -0.15) is 0 Å². The van der Waals surface area contributed by atoms with Crippen molar-refractivity contribution in [2.45, 2.75) is 64.4 Å². The van der Waals surface area contributed by atoms with Gasteiger partial charge in [0.25, 0.3) is 0 Å². The third-order valence-electron chi connectivity index (χ3n) is 4.42. The molecule has 0 heterocycles. The molecule has 1 aromatic rings.